The molecule has 0 aromatic rings. The summed E-state index contributed by atoms with van der Waals surface area (Å²) in [6, 6.07) is 0. The van der Waals surface area contributed by atoms with Crippen molar-refractivity contribution in [3.8, 4) is 0 Å². The fourth-order valence-corrected chi connectivity index (χ4v) is 1.73. The van der Waals surface area contributed by atoms with Gasteiger partial charge in [-0.3, -0.25) is 0 Å². The monoisotopic (exact) mass is 232 g/mol. The van der Waals surface area contributed by atoms with Crippen molar-refractivity contribution in [2.75, 3.05) is 13.4 Å². The fourth-order valence-electron chi connectivity index (χ4n) is 0.767. The molecule has 0 bridgehead atoms. The topological polar surface area (TPSA) is 26.3 Å². The van der Waals surface area contributed by atoms with Crippen LogP contribution in [0.15, 0.2) is 34.2 Å². The lowest BCUT2D eigenvalue weighted by Gasteiger charge is -2.02. The minimum Gasteiger partial charge on any atom is -0.465 e. The molecule has 0 aliphatic carbocycles. The minimum atomic E-state index is -0.472. The average Bonchev–Trinajstić information content (AvgIpc) is 2.18. The molecule has 2 nitrogen and oxygen atoms in total. The van der Waals surface area contributed by atoms with Crippen molar-refractivity contribution in [1.29, 1.82) is 0 Å². The van der Waals surface area contributed by atoms with Gasteiger partial charge in [-0.25, -0.2) is 4.79 Å². The summed E-state index contributed by atoms with van der Waals surface area (Å²) < 4.78 is 4.49. The molecule has 0 aromatic heterocycles. The number of halogens is 1. The van der Waals surface area contributed by atoms with Crippen LogP contribution in [0.25, 0.3) is 0 Å². The number of rotatable bonds is 4. The van der Waals surface area contributed by atoms with Crippen LogP contribution in [0.4, 0.5) is 0 Å². The van der Waals surface area contributed by atoms with Crippen LogP contribution in [-0.4, -0.2) is 19.3 Å². The first-order valence-corrected chi connectivity index (χ1v) is 5.52. The minimum absolute atomic E-state index is 0.242. The van der Waals surface area contributed by atoms with Crippen LogP contribution in [0, 0.1) is 0 Å². The van der Waals surface area contributed by atoms with Crippen molar-refractivity contribution in [2.24, 2.45) is 0 Å². The Labute approximate surface area is 93.7 Å². The highest BCUT2D eigenvalue weighted by atomic mass is 35.5. The molecule has 0 saturated heterocycles. The molecule has 14 heavy (non-hydrogen) atoms. The fraction of sp³-hybridized carbons (Fsp3) is 0.300. The Bertz CT molecular complexity index is 292. The lowest BCUT2D eigenvalue weighted by atomic mass is 10.2. The molecule has 0 saturated carbocycles. The highest BCUT2D eigenvalue weighted by Crippen LogP contribution is 2.25. The summed E-state index contributed by atoms with van der Waals surface area (Å²) in [6.45, 7) is 5.42. The van der Waals surface area contributed by atoms with E-state index in [1.807, 2.05) is 19.3 Å². The van der Waals surface area contributed by atoms with E-state index in [0.29, 0.717) is 5.03 Å². The molecule has 0 fully saturated rings. The highest BCUT2D eigenvalue weighted by Gasteiger charge is 2.06. The summed E-state index contributed by atoms with van der Waals surface area (Å²) in [5.41, 5.74) is 0.242. The first-order chi connectivity index (χ1) is 6.56. The van der Waals surface area contributed by atoms with E-state index >= 15 is 0 Å². The molecule has 0 unspecified atom stereocenters. The van der Waals surface area contributed by atoms with Crippen molar-refractivity contribution in [3.63, 3.8) is 0 Å². The van der Waals surface area contributed by atoms with Crippen LogP contribution >= 0.6 is 23.4 Å². The van der Waals surface area contributed by atoms with Gasteiger partial charge in [-0.15, -0.1) is 11.8 Å². The number of hydrogen-bond acceptors (Lipinski definition) is 3. The maximum Gasteiger partial charge on any atom is 0.337 e. The Hall–Kier alpha value is -0.670. The van der Waals surface area contributed by atoms with E-state index in [1.165, 1.54) is 24.9 Å². The molecular formula is C10H13ClO2S. The third-order valence-electron chi connectivity index (χ3n) is 1.47. The standard InChI is InChI=1S/C10H13ClO2S/c1-5-9(14-4)8(11)6-7(2)10(12)13-3/h5-6H,2H2,1,3-4H3/b8-6+,9-5+. The van der Waals surface area contributed by atoms with Gasteiger partial charge in [-0.1, -0.05) is 24.3 Å². The van der Waals surface area contributed by atoms with E-state index < -0.39 is 5.97 Å². The van der Waals surface area contributed by atoms with Crippen molar-refractivity contribution >= 4 is 29.3 Å². The van der Waals surface area contributed by atoms with Crippen molar-refractivity contribution in [1.82, 2.24) is 0 Å². The molecular weight excluding hydrogens is 220 g/mol. The molecule has 0 heterocycles. The maximum absolute atomic E-state index is 11.0. The second kappa shape index (κ2) is 6.74. The maximum atomic E-state index is 11.0. The Morgan fingerprint density at radius 3 is 2.50 bits per heavy atom. The zero-order valence-corrected chi connectivity index (χ0v) is 10.0. The summed E-state index contributed by atoms with van der Waals surface area (Å²) in [4.78, 5) is 11.9. The SMILES string of the molecule is C=C(/C=C(Cl)\C(=C/C)SC)C(=O)OC. The van der Waals surface area contributed by atoms with Crippen LogP contribution in [0.2, 0.25) is 0 Å². The molecule has 0 spiro atoms. The van der Waals surface area contributed by atoms with Gasteiger partial charge < -0.3 is 4.74 Å². The van der Waals surface area contributed by atoms with Crippen LogP contribution in [-0.2, 0) is 9.53 Å². The lowest BCUT2D eigenvalue weighted by Crippen LogP contribution is -2.01. The number of ether oxygens (including phenoxy) is 1. The van der Waals surface area contributed by atoms with Crippen LogP contribution < -0.4 is 0 Å². The summed E-state index contributed by atoms with van der Waals surface area (Å²) in [5, 5.41) is 0.496. The number of thioether (sulfide) groups is 1. The van der Waals surface area contributed by atoms with E-state index in [1.54, 1.807) is 0 Å². The van der Waals surface area contributed by atoms with Gasteiger partial charge in [-0.05, 0) is 19.3 Å². The summed E-state index contributed by atoms with van der Waals surface area (Å²) in [5.74, 6) is -0.472. The highest BCUT2D eigenvalue weighted by molar-refractivity contribution is 8.02. The van der Waals surface area contributed by atoms with Gasteiger partial charge in [0.05, 0.1) is 17.7 Å². The van der Waals surface area contributed by atoms with Gasteiger partial charge in [0, 0.05) is 4.91 Å². The van der Waals surface area contributed by atoms with Gasteiger partial charge >= 0.3 is 5.97 Å². The summed E-state index contributed by atoms with van der Waals surface area (Å²) >= 11 is 7.45. The number of carbonyl (C=O) groups excluding carboxylic acids is 1. The van der Waals surface area contributed by atoms with Gasteiger partial charge in [0.2, 0.25) is 0 Å². The lowest BCUT2D eigenvalue weighted by molar-refractivity contribution is -0.135. The van der Waals surface area contributed by atoms with Crippen LogP contribution in [0.1, 0.15) is 6.92 Å². The third kappa shape index (κ3) is 4.03. The van der Waals surface area contributed by atoms with Gasteiger partial charge in [-0.2, -0.15) is 0 Å². The molecule has 0 aliphatic heterocycles. The van der Waals surface area contributed by atoms with E-state index in [-0.39, 0.29) is 5.57 Å². The largest absolute Gasteiger partial charge is 0.465 e. The first kappa shape index (κ1) is 13.3. The third-order valence-corrected chi connectivity index (χ3v) is 2.79. The van der Waals surface area contributed by atoms with E-state index in [2.05, 4.69) is 11.3 Å². The summed E-state index contributed by atoms with van der Waals surface area (Å²) in [7, 11) is 1.31. The molecule has 0 amide bonds. The second-order valence-corrected chi connectivity index (χ2v) is 3.62. The number of methoxy groups -OCH3 is 1. The van der Waals surface area contributed by atoms with E-state index in [0.717, 1.165) is 4.91 Å². The molecule has 78 valence electrons. The number of esters is 1. The molecule has 0 atom stereocenters. The van der Waals surface area contributed by atoms with Crippen molar-refractivity contribution in [2.45, 2.75) is 6.92 Å². The molecule has 0 N–H and O–H groups in total. The normalized spacial score (nSPS) is 12.6. The molecule has 0 aromatic carbocycles. The Balaban J connectivity index is 4.68. The van der Waals surface area contributed by atoms with Gasteiger partial charge in [0.25, 0.3) is 0 Å². The average molecular weight is 233 g/mol. The van der Waals surface area contributed by atoms with Crippen LogP contribution in [0.5, 0.6) is 0 Å². The number of carbonyl (C=O) groups is 1. The molecule has 0 radical (unpaired) electrons. The Morgan fingerprint density at radius 1 is 1.57 bits per heavy atom. The first-order valence-electron chi connectivity index (χ1n) is 3.91. The number of allylic oxidation sites excluding steroid dienone is 2. The van der Waals surface area contributed by atoms with Crippen LogP contribution in [0.3, 0.4) is 0 Å². The zero-order chi connectivity index (χ0) is 11.1. The molecule has 0 aliphatic rings. The smallest absolute Gasteiger partial charge is 0.337 e. The van der Waals surface area contributed by atoms with Crippen molar-refractivity contribution in [3.05, 3.63) is 34.2 Å². The predicted molar refractivity (Wildman–Crippen MR) is 62.4 cm³/mol. The Kier molecular flexibility index (Phi) is 6.41. The number of hydrogen-bond donors (Lipinski definition) is 0. The zero-order valence-electron chi connectivity index (χ0n) is 8.46. The Morgan fingerprint density at radius 2 is 2.14 bits per heavy atom. The van der Waals surface area contributed by atoms with Gasteiger partial charge in [0.15, 0.2) is 0 Å². The van der Waals surface area contributed by atoms with Gasteiger partial charge in [0.1, 0.15) is 0 Å². The molecule has 4 heteroatoms. The van der Waals surface area contributed by atoms with E-state index in [9.17, 15) is 4.79 Å². The quantitative estimate of drug-likeness (QED) is 0.423. The van der Waals surface area contributed by atoms with E-state index in [4.69, 9.17) is 11.6 Å². The van der Waals surface area contributed by atoms with Crippen molar-refractivity contribution < 1.29 is 9.53 Å². The summed E-state index contributed by atoms with van der Waals surface area (Å²) in [6.07, 6.45) is 5.28. The molecule has 0 rings (SSSR count). The second-order valence-electron chi connectivity index (χ2n) is 2.37. The predicted octanol–water partition coefficient (Wildman–Crippen LogP) is 3.11.